The van der Waals surface area contributed by atoms with Crippen molar-refractivity contribution in [2.24, 2.45) is 0 Å². The average molecular weight is 295 g/mol. The number of urea groups is 1. The van der Waals surface area contributed by atoms with Gasteiger partial charge in [0.15, 0.2) is 0 Å². The second-order valence-electron chi connectivity index (χ2n) is 3.84. The van der Waals surface area contributed by atoms with Gasteiger partial charge in [0.1, 0.15) is 5.82 Å². The third-order valence-corrected chi connectivity index (χ3v) is 2.75. The van der Waals surface area contributed by atoms with E-state index in [4.69, 9.17) is 16.7 Å². The topological polar surface area (TPSA) is 107 Å². The minimum Gasteiger partial charge on any atom is -0.478 e. The van der Waals surface area contributed by atoms with Crippen LogP contribution in [0, 0.1) is 0 Å². The second-order valence-corrected chi connectivity index (χ2v) is 4.25. The molecule has 1 aromatic carbocycles. The highest BCUT2D eigenvalue weighted by Gasteiger charge is 2.09. The minimum atomic E-state index is -1.08. The normalized spacial score (nSPS) is 10.1. The van der Waals surface area contributed by atoms with Gasteiger partial charge in [-0.3, -0.25) is 0 Å². The molecule has 0 aliphatic rings. The molecule has 0 aliphatic heterocycles. The van der Waals surface area contributed by atoms with Crippen LogP contribution < -0.4 is 10.6 Å². The number of nitrogens with one attached hydrogen (secondary N) is 3. The van der Waals surface area contributed by atoms with Crippen LogP contribution in [0.2, 0.25) is 5.02 Å². The monoisotopic (exact) mass is 294 g/mol. The maximum absolute atomic E-state index is 11.6. The summed E-state index contributed by atoms with van der Waals surface area (Å²) in [5.74, 6) is -0.465. The second kappa shape index (κ2) is 6.07. The number of hydrogen-bond donors (Lipinski definition) is 4. The molecule has 0 bridgehead atoms. The summed E-state index contributed by atoms with van der Waals surface area (Å²) in [7, 11) is 0. The number of aromatic amines is 1. The Balaban J connectivity index is 1.95. The van der Waals surface area contributed by atoms with Crippen LogP contribution in [-0.2, 0) is 6.54 Å². The third kappa shape index (κ3) is 3.48. The lowest BCUT2D eigenvalue weighted by molar-refractivity contribution is 0.0697. The van der Waals surface area contributed by atoms with Crippen molar-refractivity contribution in [1.29, 1.82) is 0 Å². The fourth-order valence-electron chi connectivity index (χ4n) is 1.47. The van der Waals surface area contributed by atoms with E-state index in [-0.39, 0.29) is 17.1 Å². The van der Waals surface area contributed by atoms with Crippen LogP contribution in [0.25, 0.3) is 0 Å². The van der Waals surface area contributed by atoms with E-state index in [9.17, 15) is 9.59 Å². The van der Waals surface area contributed by atoms with Crippen molar-refractivity contribution in [3.05, 3.63) is 47.0 Å². The lowest BCUT2D eigenvalue weighted by atomic mass is 10.2. The van der Waals surface area contributed by atoms with Crippen molar-refractivity contribution < 1.29 is 14.7 Å². The molecule has 0 spiro atoms. The van der Waals surface area contributed by atoms with Crippen LogP contribution >= 0.6 is 11.6 Å². The summed E-state index contributed by atoms with van der Waals surface area (Å²) in [5, 5.41) is 14.1. The van der Waals surface area contributed by atoms with Crippen molar-refractivity contribution in [2.75, 3.05) is 5.32 Å². The summed E-state index contributed by atoms with van der Waals surface area (Å²) in [6.45, 7) is 0.240. The fraction of sp³-hybridized carbons (Fsp3) is 0.0833. The first-order chi connectivity index (χ1) is 9.56. The average Bonchev–Trinajstić information content (AvgIpc) is 2.91. The van der Waals surface area contributed by atoms with E-state index in [1.165, 1.54) is 18.2 Å². The third-order valence-electron chi connectivity index (χ3n) is 2.44. The van der Waals surface area contributed by atoms with Gasteiger partial charge in [0.2, 0.25) is 0 Å². The summed E-state index contributed by atoms with van der Waals surface area (Å²) in [5.41, 5.74) is 0.380. The number of anilines is 1. The van der Waals surface area contributed by atoms with Crippen LogP contribution in [0.1, 0.15) is 16.2 Å². The number of benzene rings is 1. The number of nitrogens with zero attached hydrogens (tertiary/aromatic N) is 1. The highest BCUT2D eigenvalue weighted by molar-refractivity contribution is 6.34. The van der Waals surface area contributed by atoms with Gasteiger partial charge in [-0.25, -0.2) is 14.6 Å². The summed E-state index contributed by atoms with van der Waals surface area (Å²) in [6.07, 6.45) is 3.23. The molecule has 7 nitrogen and oxygen atoms in total. The van der Waals surface area contributed by atoms with Gasteiger partial charge in [-0.1, -0.05) is 11.6 Å². The van der Waals surface area contributed by atoms with Crippen molar-refractivity contribution in [3.8, 4) is 0 Å². The van der Waals surface area contributed by atoms with E-state index in [1.54, 1.807) is 12.4 Å². The Morgan fingerprint density at radius 3 is 2.80 bits per heavy atom. The van der Waals surface area contributed by atoms with Gasteiger partial charge in [-0.15, -0.1) is 0 Å². The van der Waals surface area contributed by atoms with Crippen LogP contribution in [0.3, 0.4) is 0 Å². The quantitative estimate of drug-likeness (QED) is 0.692. The number of hydrogen-bond acceptors (Lipinski definition) is 3. The smallest absolute Gasteiger partial charge is 0.335 e. The first-order valence-corrected chi connectivity index (χ1v) is 6.00. The molecular weight excluding hydrogens is 284 g/mol. The lowest BCUT2D eigenvalue weighted by Crippen LogP contribution is -2.28. The number of carbonyl (C=O) groups excluding carboxylic acids is 1. The molecule has 104 valence electrons. The first-order valence-electron chi connectivity index (χ1n) is 5.62. The number of halogens is 1. The molecule has 1 heterocycles. The van der Waals surface area contributed by atoms with Gasteiger partial charge in [0, 0.05) is 12.4 Å². The van der Waals surface area contributed by atoms with Crippen LogP contribution in [0.15, 0.2) is 30.6 Å². The van der Waals surface area contributed by atoms with Crippen molar-refractivity contribution >= 4 is 29.3 Å². The largest absolute Gasteiger partial charge is 0.478 e. The number of aromatic carboxylic acids is 1. The summed E-state index contributed by atoms with van der Waals surface area (Å²) in [6, 6.07) is 3.59. The van der Waals surface area contributed by atoms with Gasteiger partial charge in [0.05, 0.1) is 22.8 Å². The molecule has 2 rings (SSSR count). The zero-order valence-corrected chi connectivity index (χ0v) is 10.9. The van der Waals surface area contributed by atoms with E-state index in [2.05, 4.69) is 20.6 Å². The van der Waals surface area contributed by atoms with Crippen molar-refractivity contribution in [3.63, 3.8) is 0 Å². The Morgan fingerprint density at radius 1 is 1.40 bits per heavy atom. The van der Waals surface area contributed by atoms with Gasteiger partial charge >= 0.3 is 12.0 Å². The van der Waals surface area contributed by atoms with Crippen molar-refractivity contribution in [1.82, 2.24) is 15.3 Å². The summed E-state index contributed by atoms with van der Waals surface area (Å²) >= 11 is 5.89. The SMILES string of the molecule is O=C(NCc1ncc[nH]1)Nc1ccc(C(=O)O)cc1Cl. The fourth-order valence-corrected chi connectivity index (χ4v) is 1.70. The molecule has 8 heteroatoms. The molecule has 2 amide bonds. The van der Waals surface area contributed by atoms with E-state index >= 15 is 0 Å². The first kappa shape index (κ1) is 13.9. The predicted molar refractivity (Wildman–Crippen MR) is 72.9 cm³/mol. The molecule has 4 N–H and O–H groups in total. The number of rotatable bonds is 4. The molecule has 0 atom stereocenters. The lowest BCUT2D eigenvalue weighted by Gasteiger charge is -2.08. The zero-order valence-electron chi connectivity index (χ0n) is 10.2. The standard InChI is InChI=1S/C12H11ClN4O3/c13-8-5-7(11(18)19)1-2-9(8)17-12(20)16-6-10-14-3-4-15-10/h1-5H,6H2,(H,14,15)(H,18,19)(H2,16,17,20). The number of carboxylic acid groups (broad SMARTS) is 1. The Hall–Kier alpha value is -2.54. The molecule has 2 aromatic rings. The number of aromatic nitrogens is 2. The number of carboxylic acids is 1. The van der Waals surface area contributed by atoms with E-state index in [0.717, 1.165) is 0 Å². The van der Waals surface area contributed by atoms with Gasteiger partial charge in [-0.2, -0.15) is 0 Å². The Labute approximate surface area is 119 Å². The molecular formula is C12H11ClN4O3. The Bertz CT molecular complexity index is 628. The maximum Gasteiger partial charge on any atom is 0.335 e. The Morgan fingerprint density at radius 2 is 2.20 bits per heavy atom. The molecule has 0 saturated heterocycles. The summed E-state index contributed by atoms with van der Waals surface area (Å²) in [4.78, 5) is 29.2. The number of H-pyrrole nitrogens is 1. The molecule has 0 aliphatic carbocycles. The van der Waals surface area contributed by atoms with Gasteiger partial charge in [-0.05, 0) is 18.2 Å². The van der Waals surface area contributed by atoms with Gasteiger partial charge < -0.3 is 20.7 Å². The molecule has 0 fully saturated rings. The van der Waals surface area contributed by atoms with Crippen molar-refractivity contribution in [2.45, 2.75) is 6.54 Å². The van der Waals surface area contributed by atoms with Crippen LogP contribution in [-0.4, -0.2) is 27.1 Å². The van der Waals surface area contributed by atoms with E-state index in [0.29, 0.717) is 11.5 Å². The van der Waals surface area contributed by atoms with E-state index in [1.807, 2.05) is 0 Å². The van der Waals surface area contributed by atoms with Crippen LogP contribution in [0.4, 0.5) is 10.5 Å². The molecule has 20 heavy (non-hydrogen) atoms. The number of imidazole rings is 1. The number of carbonyl (C=O) groups is 2. The number of amides is 2. The zero-order chi connectivity index (χ0) is 14.5. The van der Waals surface area contributed by atoms with E-state index < -0.39 is 12.0 Å². The highest BCUT2D eigenvalue weighted by Crippen LogP contribution is 2.22. The maximum atomic E-state index is 11.6. The minimum absolute atomic E-state index is 0.0524. The predicted octanol–water partition coefficient (Wildman–Crippen LogP) is 2.08. The molecule has 0 saturated carbocycles. The van der Waals surface area contributed by atoms with Gasteiger partial charge in [0.25, 0.3) is 0 Å². The Kier molecular flexibility index (Phi) is 4.21. The molecule has 0 unspecified atom stereocenters. The molecule has 0 radical (unpaired) electrons. The highest BCUT2D eigenvalue weighted by atomic mass is 35.5. The van der Waals surface area contributed by atoms with Crippen LogP contribution in [0.5, 0.6) is 0 Å². The molecule has 1 aromatic heterocycles. The summed E-state index contributed by atoms with van der Waals surface area (Å²) < 4.78 is 0.